The largest absolute Gasteiger partial charge is 0.367 e. The van der Waals surface area contributed by atoms with Crippen LogP contribution in [0.4, 0.5) is 5.82 Å². The van der Waals surface area contributed by atoms with Crippen LogP contribution in [0.3, 0.4) is 0 Å². The van der Waals surface area contributed by atoms with Crippen LogP contribution in [0, 0.1) is 11.3 Å². The number of aromatic nitrogens is 4. The van der Waals surface area contributed by atoms with Gasteiger partial charge >= 0.3 is 0 Å². The van der Waals surface area contributed by atoms with Crippen molar-refractivity contribution in [1.29, 1.82) is 5.26 Å². The van der Waals surface area contributed by atoms with Gasteiger partial charge in [-0.3, -0.25) is 4.90 Å². The number of benzene rings is 2. The third kappa shape index (κ3) is 5.10. The van der Waals surface area contributed by atoms with E-state index in [-0.39, 0.29) is 5.82 Å². The van der Waals surface area contributed by atoms with Crippen LogP contribution in [-0.4, -0.2) is 50.2 Å². The highest BCUT2D eigenvalue weighted by atomic mass is 16.5. The SMILES string of the molecule is N#Cc1nccc(NC2CCN(Cc3ccc(-c4nc5n(c4-c4ccccc4)COCC5)cc3)CC2)n1. The number of fused-ring (bicyclic) bond motifs is 1. The van der Waals surface area contributed by atoms with Gasteiger partial charge in [-0.05, 0) is 24.5 Å². The van der Waals surface area contributed by atoms with Crippen LogP contribution < -0.4 is 5.32 Å². The minimum Gasteiger partial charge on any atom is -0.367 e. The smallest absolute Gasteiger partial charge is 0.234 e. The van der Waals surface area contributed by atoms with Crippen molar-refractivity contribution in [3.63, 3.8) is 0 Å². The number of hydrogen-bond acceptors (Lipinski definition) is 7. The van der Waals surface area contributed by atoms with Crippen molar-refractivity contribution in [2.75, 3.05) is 25.0 Å². The van der Waals surface area contributed by atoms with Crippen LogP contribution in [-0.2, 0) is 24.4 Å². The summed E-state index contributed by atoms with van der Waals surface area (Å²) in [4.78, 5) is 15.7. The Balaban J connectivity index is 1.12. The molecule has 0 aliphatic carbocycles. The Labute approximate surface area is 216 Å². The van der Waals surface area contributed by atoms with Crippen molar-refractivity contribution in [3.8, 4) is 28.6 Å². The minimum atomic E-state index is 0.200. The predicted molar refractivity (Wildman–Crippen MR) is 141 cm³/mol. The zero-order valence-corrected chi connectivity index (χ0v) is 20.7. The van der Waals surface area contributed by atoms with Gasteiger partial charge in [-0.15, -0.1) is 0 Å². The molecule has 2 aliphatic heterocycles. The quantitative estimate of drug-likeness (QED) is 0.425. The summed E-state index contributed by atoms with van der Waals surface area (Å²) in [5.41, 5.74) is 5.75. The number of hydrogen-bond donors (Lipinski definition) is 1. The third-order valence-corrected chi connectivity index (χ3v) is 7.11. The Hall–Kier alpha value is -4.06. The average Bonchev–Trinajstić information content (AvgIpc) is 3.35. The van der Waals surface area contributed by atoms with Gasteiger partial charge in [0.05, 0.1) is 18.0 Å². The van der Waals surface area contributed by atoms with E-state index in [0.29, 0.717) is 12.8 Å². The normalized spacial score (nSPS) is 16.2. The minimum absolute atomic E-state index is 0.200. The summed E-state index contributed by atoms with van der Waals surface area (Å²) >= 11 is 0. The summed E-state index contributed by atoms with van der Waals surface area (Å²) in [5.74, 6) is 2.01. The van der Waals surface area contributed by atoms with E-state index in [1.54, 1.807) is 6.20 Å². The highest BCUT2D eigenvalue weighted by Gasteiger charge is 2.23. The van der Waals surface area contributed by atoms with Crippen molar-refractivity contribution >= 4 is 5.82 Å². The molecule has 2 aromatic heterocycles. The average molecular weight is 492 g/mol. The van der Waals surface area contributed by atoms with Crippen molar-refractivity contribution < 1.29 is 4.74 Å². The summed E-state index contributed by atoms with van der Waals surface area (Å²) in [6.07, 6.45) is 4.53. The second-order valence-corrected chi connectivity index (χ2v) is 9.58. The van der Waals surface area contributed by atoms with Crippen LogP contribution in [0.2, 0.25) is 0 Å². The number of imidazole rings is 1. The van der Waals surface area contributed by atoms with Gasteiger partial charge in [-0.25, -0.2) is 15.0 Å². The first-order valence-electron chi connectivity index (χ1n) is 12.8. The number of rotatable bonds is 6. The summed E-state index contributed by atoms with van der Waals surface area (Å²) in [6.45, 7) is 4.23. The van der Waals surface area contributed by atoms with Gasteiger partial charge in [0.2, 0.25) is 5.82 Å². The molecule has 8 nitrogen and oxygen atoms in total. The summed E-state index contributed by atoms with van der Waals surface area (Å²) in [7, 11) is 0. The van der Waals surface area contributed by atoms with Crippen LogP contribution in [0.15, 0.2) is 66.9 Å². The lowest BCUT2D eigenvalue weighted by Crippen LogP contribution is -2.38. The topological polar surface area (TPSA) is 91.9 Å². The molecule has 0 amide bonds. The molecule has 2 aliphatic rings. The van der Waals surface area contributed by atoms with Gasteiger partial charge in [-0.1, -0.05) is 54.6 Å². The highest BCUT2D eigenvalue weighted by molar-refractivity contribution is 5.79. The first-order valence-corrected chi connectivity index (χ1v) is 12.8. The Morgan fingerprint density at radius 3 is 2.57 bits per heavy atom. The second kappa shape index (κ2) is 10.5. The van der Waals surface area contributed by atoms with E-state index in [4.69, 9.17) is 15.0 Å². The van der Waals surface area contributed by atoms with Gasteiger partial charge in [0.15, 0.2) is 0 Å². The Morgan fingerprint density at radius 1 is 0.973 bits per heavy atom. The fraction of sp³-hybridized carbons (Fsp3) is 0.310. The molecule has 1 saturated heterocycles. The number of ether oxygens (including phenoxy) is 1. The van der Waals surface area contributed by atoms with Crippen molar-refractivity contribution in [1.82, 2.24) is 24.4 Å². The maximum absolute atomic E-state index is 9.01. The fourth-order valence-corrected chi connectivity index (χ4v) is 5.20. The van der Waals surface area contributed by atoms with Gasteiger partial charge in [0, 0.05) is 49.4 Å². The molecule has 1 fully saturated rings. The maximum Gasteiger partial charge on any atom is 0.234 e. The number of likely N-dealkylation sites (tertiary alicyclic amines) is 1. The molecule has 2 aromatic carbocycles. The molecule has 0 unspecified atom stereocenters. The van der Waals surface area contributed by atoms with Crippen molar-refractivity contribution in [3.05, 3.63) is 84.1 Å². The van der Waals surface area contributed by atoms with E-state index in [2.05, 4.69) is 73.3 Å². The molecule has 0 saturated carbocycles. The number of nitrogens with one attached hydrogen (secondary N) is 1. The van der Waals surface area contributed by atoms with Crippen LogP contribution in [0.1, 0.15) is 30.1 Å². The molecular formula is C29H29N7O. The van der Waals surface area contributed by atoms with Gasteiger partial charge in [0.1, 0.15) is 24.4 Å². The van der Waals surface area contributed by atoms with Gasteiger partial charge in [0.25, 0.3) is 0 Å². The second-order valence-electron chi connectivity index (χ2n) is 9.58. The van der Waals surface area contributed by atoms with E-state index in [9.17, 15) is 0 Å². The molecule has 8 heteroatoms. The highest BCUT2D eigenvalue weighted by Crippen LogP contribution is 2.34. The monoisotopic (exact) mass is 491 g/mol. The predicted octanol–water partition coefficient (Wildman–Crippen LogP) is 4.49. The van der Waals surface area contributed by atoms with E-state index in [1.807, 2.05) is 18.2 Å². The number of nitriles is 1. The molecule has 4 heterocycles. The zero-order chi connectivity index (χ0) is 25.0. The lowest BCUT2D eigenvalue weighted by molar-refractivity contribution is 0.0570. The molecule has 1 N–H and O–H groups in total. The molecule has 0 bridgehead atoms. The third-order valence-electron chi connectivity index (χ3n) is 7.11. The molecule has 0 spiro atoms. The molecule has 37 heavy (non-hydrogen) atoms. The first kappa shape index (κ1) is 23.3. The number of anilines is 1. The van der Waals surface area contributed by atoms with Gasteiger partial charge in [-0.2, -0.15) is 5.26 Å². The Morgan fingerprint density at radius 2 is 1.78 bits per heavy atom. The Bertz CT molecular complexity index is 1400. The van der Waals surface area contributed by atoms with E-state index >= 15 is 0 Å². The molecule has 4 aromatic rings. The van der Waals surface area contributed by atoms with E-state index in [1.165, 1.54) is 5.56 Å². The molecule has 6 rings (SSSR count). The number of piperidine rings is 1. The fourth-order valence-electron chi connectivity index (χ4n) is 5.20. The van der Waals surface area contributed by atoms with Crippen molar-refractivity contribution in [2.45, 2.75) is 38.6 Å². The van der Waals surface area contributed by atoms with Crippen LogP contribution >= 0.6 is 0 Å². The van der Waals surface area contributed by atoms with Crippen molar-refractivity contribution in [2.24, 2.45) is 0 Å². The lowest BCUT2D eigenvalue weighted by atomic mass is 10.0. The summed E-state index contributed by atoms with van der Waals surface area (Å²) in [5, 5.41) is 12.5. The summed E-state index contributed by atoms with van der Waals surface area (Å²) < 4.78 is 7.97. The summed E-state index contributed by atoms with van der Waals surface area (Å²) in [6, 6.07) is 23.5. The molecular weight excluding hydrogens is 462 g/mol. The first-order chi connectivity index (χ1) is 18.3. The molecule has 186 valence electrons. The molecule has 0 radical (unpaired) electrons. The maximum atomic E-state index is 9.01. The number of nitrogens with zero attached hydrogens (tertiary/aromatic N) is 6. The lowest BCUT2D eigenvalue weighted by Gasteiger charge is -2.32. The van der Waals surface area contributed by atoms with E-state index in [0.717, 1.165) is 79.7 Å². The zero-order valence-electron chi connectivity index (χ0n) is 20.7. The van der Waals surface area contributed by atoms with Gasteiger partial charge < -0.3 is 14.6 Å². The standard InChI is InChI=1S/C29H29N7O/c30-18-26-31-14-10-25(33-26)32-24-11-15-35(16-12-24)19-21-6-8-22(9-7-21)28-29(23-4-2-1-3-5-23)36-20-37-17-13-27(36)34-28/h1-10,14,24H,11-13,15-17,19-20H2,(H,31,32,33). The van der Waals surface area contributed by atoms with Crippen LogP contribution in [0.25, 0.3) is 22.5 Å². The Kier molecular flexibility index (Phi) is 6.63. The van der Waals surface area contributed by atoms with E-state index < -0.39 is 0 Å². The molecule has 0 atom stereocenters. The van der Waals surface area contributed by atoms with Crippen LogP contribution in [0.5, 0.6) is 0 Å².